The van der Waals surface area contributed by atoms with E-state index in [4.69, 9.17) is 38.9 Å². The highest BCUT2D eigenvalue weighted by Crippen LogP contribution is 2.39. The number of hydrogen-bond donors (Lipinski definition) is 3. The summed E-state index contributed by atoms with van der Waals surface area (Å²) in [7, 11) is 0. The van der Waals surface area contributed by atoms with Gasteiger partial charge >= 0.3 is 0 Å². The zero-order chi connectivity index (χ0) is 17.1. The van der Waals surface area contributed by atoms with Crippen molar-refractivity contribution in [3.05, 3.63) is 51.5 Å². The van der Waals surface area contributed by atoms with Crippen LogP contribution in [0.5, 0.6) is 17.2 Å². The van der Waals surface area contributed by atoms with Gasteiger partial charge in [0.05, 0.1) is 10.0 Å². The van der Waals surface area contributed by atoms with E-state index in [1.54, 1.807) is 18.2 Å². The molecule has 0 aliphatic rings. The molecule has 0 spiro atoms. The van der Waals surface area contributed by atoms with Gasteiger partial charge in [0.15, 0.2) is 11.6 Å². The first-order chi connectivity index (χ1) is 10.8. The topological polar surface area (TPSA) is 88.1 Å². The smallest absolute Gasteiger partial charge is 0.170 e. The molecule has 0 saturated heterocycles. The van der Waals surface area contributed by atoms with Crippen LogP contribution in [0.1, 0.15) is 30.9 Å². The zero-order valence-corrected chi connectivity index (χ0v) is 14.1. The molecule has 2 aromatic rings. The number of phenols is 1. The third-order valence-electron chi connectivity index (χ3n) is 3.24. The van der Waals surface area contributed by atoms with E-state index in [1.807, 2.05) is 13.8 Å². The van der Waals surface area contributed by atoms with Crippen LogP contribution in [0.25, 0.3) is 0 Å². The Balaban J connectivity index is 2.39. The summed E-state index contributed by atoms with van der Waals surface area (Å²) in [5, 5.41) is 21.9. The third-order valence-corrected chi connectivity index (χ3v) is 3.80. The zero-order valence-electron chi connectivity index (χ0n) is 12.5. The minimum atomic E-state index is -0.105. The molecule has 0 fully saturated rings. The van der Waals surface area contributed by atoms with Gasteiger partial charge < -0.3 is 20.8 Å². The van der Waals surface area contributed by atoms with Gasteiger partial charge in [0, 0.05) is 11.1 Å². The maximum absolute atomic E-state index is 9.85. The lowest BCUT2D eigenvalue weighted by Crippen LogP contribution is -2.13. The maximum atomic E-state index is 9.85. The van der Waals surface area contributed by atoms with Crippen molar-refractivity contribution in [2.75, 3.05) is 0 Å². The first-order valence-electron chi connectivity index (χ1n) is 6.81. The Bertz CT molecular complexity index is 738. The van der Waals surface area contributed by atoms with Crippen LogP contribution in [0.2, 0.25) is 10.0 Å². The van der Waals surface area contributed by atoms with Gasteiger partial charge in [-0.05, 0) is 36.2 Å². The van der Waals surface area contributed by atoms with Crippen LogP contribution in [0.4, 0.5) is 0 Å². The van der Waals surface area contributed by atoms with Crippen LogP contribution in [0.3, 0.4) is 0 Å². The maximum Gasteiger partial charge on any atom is 0.170 e. The fourth-order valence-corrected chi connectivity index (χ4v) is 2.60. The SMILES string of the molecule is CC(C)c1cc(Oc2c(Cl)cc(/C(N)=N/O)cc2Cl)ccc1O. The highest BCUT2D eigenvalue weighted by Gasteiger charge is 2.14. The molecule has 0 aliphatic carbocycles. The number of amidine groups is 1. The predicted molar refractivity (Wildman–Crippen MR) is 91.2 cm³/mol. The standard InChI is InChI=1S/C16H16Cl2N2O3/c1-8(2)11-7-10(3-4-14(11)21)23-15-12(17)5-9(6-13(15)18)16(19)20-22/h3-8,21-22H,1-2H3,(H2,19,20). The van der Waals surface area contributed by atoms with Crippen LogP contribution < -0.4 is 10.5 Å². The fraction of sp³-hybridized carbons (Fsp3) is 0.188. The predicted octanol–water partition coefficient (Wildman–Crippen LogP) is 4.71. The molecule has 0 unspecified atom stereocenters. The van der Waals surface area contributed by atoms with E-state index in [0.29, 0.717) is 11.3 Å². The number of rotatable bonds is 4. The minimum Gasteiger partial charge on any atom is -0.508 e. The second kappa shape index (κ2) is 6.98. The van der Waals surface area contributed by atoms with Crippen molar-refractivity contribution in [1.29, 1.82) is 0 Å². The molecule has 7 heteroatoms. The van der Waals surface area contributed by atoms with Crippen LogP contribution in [0.15, 0.2) is 35.5 Å². The average molecular weight is 355 g/mol. The molecule has 0 radical (unpaired) electrons. The normalized spacial score (nSPS) is 11.8. The Morgan fingerprint density at radius 1 is 1.17 bits per heavy atom. The van der Waals surface area contributed by atoms with Gasteiger partial charge in [-0.25, -0.2) is 0 Å². The molecule has 4 N–H and O–H groups in total. The van der Waals surface area contributed by atoms with Crippen LogP contribution in [0, 0.1) is 0 Å². The largest absolute Gasteiger partial charge is 0.508 e. The highest BCUT2D eigenvalue weighted by molar-refractivity contribution is 6.37. The molecule has 2 rings (SSSR count). The molecule has 5 nitrogen and oxygen atoms in total. The van der Waals surface area contributed by atoms with E-state index in [2.05, 4.69) is 5.16 Å². The molecule has 0 amide bonds. The summed E-state index contributed by atoms with van der Waals surface area (Å²) in [5.74, 6) is 0.974. The van der Waals surface area contributed by atoms with Gasteiger partial charge in [-0.1, -0.05) is 42.2 Å². The summed E-state index contributed by atoms with van der Waals surface area (Å²) in [5.41, 5.74) is 6.65. The first-order valence-corrected chi connectivity index (χ1v) is 7.56. The number of oxime groups is 1. The number of benzene rings is 2. The van der Waals surface area contributed by atoms with E-state index in [9.17, 15) is 5.11 Å². The summed E-state index contributed by atoms with van der Waals surface area (Å²) in [6.45, 7) is 3.93. The van der Waals surface area contributed by atoms with Gasteiger partial charge in [-0.2, -0.15) is 0 Å². The van der Waals surface area contributed by atoms with Gasteiger partial charge in [0.1, 0.15) is 11.5 Å². The van der Waals surface area contributed by atoms with E-state index in [0.717, 1.165) is 5.56 Å². The molecule has 2 aromatic carbocycles. The van der Waals surface area contributed by atoms with Crippen molar-refractivity contribution in [1.82, 2.24) is 0 Å². The van der Waals surface area contributed by atoms with Gasteiger partial charge in [-0.3, -0.25) is 0 Å². The molecule has 23 heavy (non-hydrogen) atoms. The number of aromatic hydroxyl groups is 1. The second-order valence-corrected chi connectivity index (χ2v) is 6.05. The highest BCUT2D eigenvalue weighted by atomic mass is 35.5. The Morgan fingerprint density at radius 3 is 2.30 bits per heavy atom. The lowest BCUT2D eigenvalue weighted by atomic mass is 10.0. The second-order valence-electron chi connectivity index (χ2n) is 5.23. The van der Waals surface area contributed by atoms with E-state index in [-0.39, 0.29) is 33.3 Å². The minimum absolute atomic E-state index is 0.105. The number of phenolic OH excluding ortho intramolecular Hbond substituents is 1. The van der Waals surface area contributed by atoms with Crippen LogP contribution in [-0.2, 0) is 0 Å². The van der Waals surface area contributed by atoms with Gasteiger partial charge in [-0.15, -0.1) is 0 Å². The van der Waals surface area contributed by atoms with Crippen molar-refractivity contribution in [2.24, 2.45) is 10.9 Å². The number of nitrogens with zero attached hydrogens (tertiary/aromatic N) is 1. The molecular formula is C16H16Cl2N2O3. The Labute approximate surface area is 143 Å². The Hall–Kier alpha value is -2.11. The fourth-order valence-electron chi connectivity index (χ4n) is 2.04. The van der Waals surface area contributed by atoms with Crippen molar-refractivity contribution < 1.29 is 15.1 Å². The average Bonchev–Trinajstić information content (AvgIpc) is 2.51. The third kappa shape index (κ3) is 3.81. The molecule has 0 saturated carbocycles. The molecule has 0 heterocycles. The number of halogens is 2. The van der Waals surface area contributed by atoms with E-state index < -0.39 is 0 Å². The summed E-state index contributed by atoms with van der Waals surface area (Å²) >= 11 is 12.3. The molecule has 0 bridgehead atoms. The van der Waals surface area contributed by atoms with Gasteiger partial charge in [0.2, 0.25) is 0 Å². The van der Waals surface area contributed by atoms with E-state index >= 15 is 0 Å². The Kier molecular flexibility index (Phi) is 5.23. The summed E-state index contributed by atoms with van der Waals surface area (Å²) in [6.07, 6.45) is 0. The van der Waals surface area contributed by atoms with Crippen molar-refractivity contribution in [3.63, 3.8) is 0 Å². The molecule has 0 aliphatic heterocycles. The van der Waals surface area contributed by atoms with E-state index in [1.165, 1.54) is 12.1 Å². The lowest BCUT2D eigenvalue weighted by Gasteiger charge is -2.14. The Morgan fingerprint density at radius 2 is 1.78 bits per heavy atom. The number of nitrogens with two attached hydrogens (primary N) is 1. The number of ether oxygens (including phenoxy) is 1. The summed E-state index contributed by atoms with van der Waals surface area (Å²) in [6, 6.07) is 7.87. The molecule has 122 valence electrons. The first kappa shape index (κ1) is 17.2. The van der Waals surface area contributed by atoms with Crippen molar-refractivity contribution >= 4 is 29.0 Å². The molecule has 0 aromatic heterocycles. The van der Waals surface area contributed by atoms with Gasteiger partial charge in [0.25, 0.3) is 0 Å². The quantitative estimate of drug-likeness (QED) is 0.321. The van der Waals surface area contributed by atoms with Crippen LogP contribution in [-0.4, -0.2) is 16.1 Å². The molecular weight excluding hydrogens is 339 g/mol. The molecule has 0 atom stereocenters. The van der Waals surface area contributed by atoms with Crippen LogP contribution >= 0.6 is 23.2 Å². The lowest BCUT2D eigenvalue weighted by molar-refractivity contribution is 0.318. The summed E-state index contributed by atoms with van der Waals surface area (Å²) < 4.78 is 5.74. The summed E-state index contributed by atoms with van der Waals surface area (Å²) in [4.78, 5) is 0. The van der Waals surface area contributed by atoms with Crippen molar-refractivity contribution in [2.45, 2.75) is 19.8 Å². The number of hydrogen-bond acceptors (Lipinski definition) is 4. The monoisotopic (exact) mass is 354 g/mol. The van der Waals surface area contributed by atoms with Crippen molar-refractivity contribution in [3.8, 4) is 17.2 Å².